The number of aromatic nitrogens is 2. The van der Waals surface area contributed by atoms with E-state index in [1.807, 2.05) is 26.8 Å². The van der Waals surface area contributed by atoms with Crippen LogP contribution in [0, 0.1) is 5.41 Å². The fourth-order valence-electron chi connectivity index (χ4n) is 2.55. The third kappa shape index (κ3) is 4.22. The number of hydrogen-bond acceptors (Lipinski definition) is 4. The Morgan fingerprint density at radius 2 is 2.23 bits per heavy atom. The van der Waals surface area contributed by atoms with E-state index >= 15 is 0 Å². The number of nitrogens with zero attached hydrogens (tertiary/aromatic N) is 2. The fraction of sp³-hybridized carbons (Fsp3) is 0.667. The predicted octanol–water partition coefficient (Wildman–Crippen LogP) is 3.28. The number of anilines is 1. The van der Waals surface area contributed by atoms with Gasteiger partial charge in [-0.2, -0.15) is 5.10 Å². The molecule has 0 aromatic carbocycles. The highest BCUT2D eigenvalue weighted by molar-refractivity contribution is 5.89. The highest BCUT2D eigenvalue weighted by Gasteiger charge is 2.32. The lowest BCUT2D eigenvalue weighted by Crippen LogP contribution is -2.42. The molecular formula is C15H25N5O2. The van der Waals surface area contributed by atoms with Crippen LogP contribution in [0.15, 0.2) is 6.07 Å². The second-order valence-electron chi connectivity index (χ2n) is 6.64. The van der Waals surface area contributed by atoms with Gasteiger partial charge in [-0.15, -0.1) is 0 Å². The Kier molecular flexibility index (Phi) is 4.73. The van der Waals surface area contributed by atoms with Crippen LogP contribution >= 0.6 is 0 Å². The van der Waals surface area contributed by atoms with Crippen molar-refractivity contribution in [3.8, 4) is 0 Å². The molecule has 7 heteroatoms. The minimum Gasteiger partial charge on any atom is -0.444 e. The lowest BCUT2D eigenvalue weighted by molar-refractivity contribution is 0.00900. The molecule has 0 radical (unpaired) electrons. The minimum atomic E-state index is -0.505. The molecule has 22 heavy (non-hydrogen) atoms. The summed E-state index contributed by atoms with van der Waals surface area (Å²) in [5.74, 6) is 1.00. The van der Waals surface area contributed by atoms with Gasteiger partial charge >= 0.3 is 6.09 Å². The van der Waals surface area contributed by atoms with Crippen LogP contribution in [0.3, 0.4) is 0 Å². The number of likely N-dealkylation sites (tertiary alicyclic amines) is 1. The van der Waals surface area contributed by atoms with Crippen LogP contribution in [0.25, 0.3) is 0 Å². The van der Waals surface area contributed by atoms with E-state index in [9.17, 15) is 4.79 Å². The molecule has 1 fully saturated rings. The summed E-state index contributed by atoms with van der Waals surface area (Å²) in [6.45, 7) is 7.95. The van der Waals surface area contributed by atoms with Crippen molar-refractivity contribution in [2.75, 3.05) is 11.9 Å². The Balaban J connectivity index is 2.14. The SMILES string of the molecule is CC(=N)Nc1cc([C@@H]2CCCCN2C(=O)OC(C)(C)C)n[nH]1. The first kappa shape index (κ1) is 16.3. The average molecular weight is 307 g/mol. The maximum absolute atomic E-state index is 12.4. The summed E-state index contributed by atoms with van der Waals surface area (Å²) in [6, 6.07) is 1.77. The minimum absolute atomic E-state index is 0.0820. The average Bonchev–Trinajstić information content (AvgIpc) is 2.84. The van der Waals surface area contributed by atoms with Gasteiger partial charge in [0.1, 0.15) is 11.4 Å². The van der Waals surface area contributed by atoms with E-state index in [0.717, 1.165) is 25.0 Å². The second kappa shape index (κ2) is 6.37. The molecule has 1 amide bonds. The van der Waals surface area contributed by atoms with Gasteiger partial charge in [0.2, 0.25) is 0 Å². The smallest absolute Gasteiger partial charge is 0.410 e. The molecule has 0 bridgehead atoms. The molecule has 0 spiro atoms. The number of H-pyrrole nitrogens is 1. The number of nitrogens with one attached hydrogen (secondary N) is 3. The van der Waals surface area contributed by atoms with Gasteiger partial charge in [0, 0.05) is 12.6 Å². The number of aromatic amines is 1. The summed E-state index contributed by atoms with van der Waals surface area (Å²) in [4.78, 5) is 14.2. The zero-order valence-corrected chi connectivity index (χ0v) is 13.7. The van der Waals surface area contributed by atoms with E-state index in [1.165, 1.54) is 0 Å². The molecule has 0 unspecified atom stereocenters. The van der Waals surface area contributed by atoms with E-state index in [-0.39, 0.29) is 12.1 Å². The number of amidine groups is 1. The molecule has 122 valence electrons. The Morgan fingerprint density at radius 1 is 1.50 bits per heavy atom. The first-order chi connectivity index (χ1) is 10.3. The zero-order chi connectivity index (χ0) is 16.3. The van der Waals surface area contributed by atoms with Gasteiger partial charge in [-0.1, -0.05) is 0 Å². The summed E-state index contributed by atoms with van der Waals surface area (Å²) in [7, 11) is 0. The van der Waals surface area contributed by atoms with Crippen LogP contribution in [0.1, 0.15) is 58.7 Å². The topological polar surface area (TPSA) is 94.1 Å². The molecule has 2 rings (SSSR count). The van der Waals surface area contributed by atoms with E-state index < -0.39 is 5.60 Å². The maximum Gasteiger partial charge on any atom is 0.410 e. The monoisotopic (exact) mass is 307 g/mol. The summed E-state index contributed by atoms with van der Waals surface area (Å²) in [5, 5.41) is 17.5. The van der Waals surface area contributed by atoms with Crippen LogP contribution in [0.4, 0.5) is 10.6 Å². The highest BCUT2D eigenvalue weighted by Crippen LogP contribution is 2.32. The van der Waals surface area contributed by atoms with Crippen molar-refractivity contribution in [1.82, 2.24) is 15.1 Å². The van der Waals surface area contributed by atoms with Crippen molar-refractivity contribution in [2.45, 2.75) is 58.6 Å². The summed E-state index contributed by atoms with van der Waals surface area (Å²) in [6.07, 6.45) is 2.61. The van der Waals surface area contributed by atoms with Gasteiger partial charge in [0.05, 0.1) is 17.6 Å². The van der Waals surface area contributed by atoms with Crippen molar-refractivity contribution >= 4 is 17.7 Å². The molecule has 1 atom stereocenters. The molecular weight excluding hydrogens is 282 g/mol. The lowest BCUT2D eigenvalue weighted by Gasteiger charge is -2.35. The number of rotatable bonds is 2. The number of piperidine rings is 1. The molecule has 3 N–H and O–H groups in total. The number of hydrogen-bond donors (Lipinski definition) is 3. The van der Waals surface area contributed by atoms with E-state index in [0.29, 0.717) is 18.2 Å². The van der Waals surface area contributed by atoms with Gasteiger partial charge in [0.25, 0.3) is 0 Å². The van der Waals surface area contributed by atoms with Crippen LogP contribution in [-0.4, -0.2) is 39.2 Å². The van der Waals surface area contributed by atoms with Gasteiger partial charge in [-0.3, -0.25) is 15.4 Å². The molecule has 1 saturated heterocycles. The number of carbonyl (C=O) groups is 1. The quantitative estimate of drug-likeness (QED) is 0.577. The van der Waals surface area contributed by atoms with Crippen molar-refractivity contribution in [2.24, 2.45) is 0 Å². The van der Waals surface area contributed by atoms with Crippen molar-refractivity contribution in [3.63, 3.8) is 0 Å². The molecule has 0 aliphatic carbocycles. The van der Waals surface area contributed by atoms with Crippen LogP contribution in [0.5, 0.6) is 0 Å². The molecule has 1 aliphatic rings. The first-order valence-corrected chi connectivity index (χ1v) is 7.63. The molecule has 0 saturated carbocycles. The maximum atomic E-state index is 12.4. The van der Waals surface area contributed by atoms with Gasteiger partial charge in [-0.25, -0.2) is 4.79 Å². The summed E-state index contributed by atoms with van der Waals surface area (Å²) >= 11 is 0. The summed E-state index contributed by atoms with van der Waals surface area (Å²) < 4.78 is 5.50. The van der Waals surface area contributed by atoms with E-state index in [1.54, 1.807) is 11.8 Å². The molecule has 1 aromatic rings. The highest BCUT2D eigenvalue weighted by atomic mass is 16.6. The Hall–Kier alpha value is -2.05. The number of amides is 1. The van der Waals surface area contributed by atoms with Crippen LogP contribution < -0.4 is 5.32 Å². The predicted molar refractivity (Wildman–Crippen MR) is 85.1 cm³/mol. The Labute approximate surface area is 130 Å². The molecule has 1 aliphatic heterocycles. The van der Waals surface area contributed by atoms with Gasteiger partial charge in [0.15, 0.2) is 0 Å². The summed E-state index contributed by atoms with van der Waals surface area (Å²) in [5.41, 5.74) is 0.295. The van der Waals surface area contributed by atoms with Gasteiger partial charge < -0.3 is 10.1 Å². The fourth-order valence-corrected chi connectivity index (χ4v) is 2.55. The number of carbonyl (C=O) groups excluding carboxylic acids is 1. The van der Waals surface area contributed by atoms with E-state index in [2.05, 4.69) is 15.5 Å². The lowest BCUT2D eigenvalue weighted by atomic mass is 10.00. The first-order valence-electron chi connectivity index (χ1n) is 7.63. The Morgan fingerprint density at radius 3 is 2.86 bits per heavy atom. The molecule has 2 heterocycles. The number of ether oxygens (including phenoxy) is 1. The zero-order valence-electron chi connectivity index (χ0n) is 13.7. The largest absolute Gasteiger partial charge is 0.444 e. The van der Waals surface area contributed by atoms with Crippen LogP contribution in [0.2, 0.25) is 0 Å². The van der Waals surface area contributed by atoms with E-state index in [4.69, 9.17) is 10.1 Å². The molecule has 1 aromatic heterocycles. The molecule has 7 nitrogen and oxygen atoms in total. The van der Waals surface area contributed by atoms with Crippen molar-refractivity contribution in [3.05, 3.63) is 11.8 Å². The van der Waals surface area contributed by atoms with Crippen molar-refractivity contribution in [1.29, 1.82) is 5.41 Å². The third-order valence-electron chi connectivity index (χ3n) is 3.39. The van der Waals surface area contributed by atoms with Crippen molar-refractivity contribution < 1.29 is 9.53 Å². The standard InChI is InChI=1S/C15H25N5O2/c1-10(16)17-13-9-11(18-19-13)12-7-5-6-8-20(12)14(21)22-15(2,3)4/h9,12H,5-8H2,1-4H3,(H3,16,17,18,19)/t12-/m0/s1. The second-order valence-corrected chi connectivity index (χ2v) is 6.64. The van der Waals surface area contributed by atoms with Crippen LogP contribution in [-0.2, 0) is 4.74 Å². The third-order valence-corrected chi connectivity index (χ3v) is 3.39. The van der Waals surface area contributed by atoms with Gasteiger partial charge in [-0.05, 0) is 47.0 Å². The normalized spacial score (nSPS) is 18.9. The Bertz CT molecular complexity index is 546.